The van der Waals surface area contributed by atoms with Gasteiger partial charge in [0.05, 0.1) is 0 Å². The van der Waals surface area contributed by atoms with Gasteiger partial charge < -0.3 is 10.6 Å². The monoisotopic (exact) mass is 301 g/mol. The molecule has 3 heteroatoms. The first-order valence-electron chi connectivity index (χ1n) is 8.98. The summed E-state index contributed by atoms with van der Waals surface area (Å²) in [6.07, 6.45) is 4.98. The number of hydrogen-bond acceptors (Lipinski definition) is 3. The van der Waals surface area contributed by atoms with Crippen molar-refractivity contribution in [2.75, 3.05) is 37.6 Å². The van der Waals surface area contributed by atoms with E-state index in [9.17, 15) is 0 Å². The number of benzene rings is 1. The molecular weight excluding hydrogens is 270 g/mol. The van der Waals surface area contributed by atoms with Crippen molar-refractivity contribution in [3.8, 4) is 0 Å². The Kier molecular flexibility index (Phi) is 5.04. The standard InChI is InChI=1S/C19H31N3/c1-3-18-15(2)5-4-6-19(18)22-11-9-21(10-12-22)8-7-16-13-17(20)14-16/h4-6,16-17H,3,7-14,20H2,1-2H3. The Morgan fingerprint density at radius 1 is 1.14 bits per heavy atom. The highest BCUT2D eigenvalue weighted by atomic mass is 15.3. The van der Waals surface area contributed by atoms with E-state index in [1.54, 1.807) is 0 Å². The first kappa shape index (κ1) is 15.8. The second-order valence-corrected chi connectivity index (χ2v) is 7.14. The average Bonchev–Trinajstić information content (AvgIpc) is 2.51. The summed E-state index contributed by atoms with van der Waals surface area (Å²) in [4.78, 5) is 5.23. The van der Waals surface area contributed by atoms with Crippen molar-refractivity contribution in [3.05, 3.63) is 29.3 Å². The first-order chi connectivity index (χ1) is 10.7. The van der Waals surface area contributed by atoms with Crippen LogP contribution in [0.25, 0.3) is 0 Å². The van der Waals surface area contributed by atoms with Crippen LogP contribution in [0.5, 0.6) is 0 Å². The molecule has 0 atom stereocenters. The molecule has 2 fully saturated rings. The molecule has 0 spiro atoms. The minimum atomic E-state index is 0.496. The van der Waals surface area contributed by atoms with Crippen molar-refractivity contribution < 1.29 is 0 Å². The molecule has 1 aromatic carbocycles. The van der Waals surface area contributed by atoms with E-state index < -0.39 is 0 Å². The van der Waals surface area contributed by atoms with Gasteiger partial charge in [-0.15, -0.1) is 0 Å². The Hall–Kier alpha value is -1.06. The third kappa shape index (κ3) is 3.47. The third-order valence-corrected chi connectivity index (χ3v) is 5.58. The summed E-state index contributed by atoms with van der Waals surface area (Å²) < 4.78 is 0. The summed E-state index contributed by atoms with van der Waals surface area (Å²) >= 11 is 0. The minimum absolute atomic E-state index is 0.496. The van der Waals surface area contributed by atoms with Gasteiger partial charge in [0.15, 0.2) is 0 Å². The predicted molar refractivity (Wildman–Crippen MR) is 94.5 cm³/mol. The molecule has 1 aliphatic heterocycles. The maximum Gasteiger partial charge on any atom is 0.0402 e. The summed E-state index contributed by atoms with van der Waals surface area (Å²) in [6.45, 7) is 10.5. The predicted octanol–water partition coefficient (Wildman–Crippen LogP) is 2.81. The Labute approximate surface area is 135 Å². The maximum absolute atomic E-state index is 5.88. The molecule has 1 aromatic rings. The quantitative estimate of drug-likeness (QED) is 0.908. The number of nitrogens with zero attached hydrogens (tertiary/aromatic N) is 2. The lowest BCUT2D eigenvalue weighted by atomic mass is 9.79. The smallest absolute Gasteiger partial charge is 0.0402 e. The molecule has 0 radical (unpaired) electrons. The number of rotatable bonds is 5. The number of piperazine rings is 1. The molecule has 0 bridgehead atoms. The van der Waals surface area contributed by atoms with Crippen LogP contribution in [0.1, 0.15) is 37.3 Å². The van der Waals surface area contributed by atoms with Gasteiger partial charge in [-0.1, -0.05) is 19.1 Å². The molecule has 22 heavy (non-hydrogen) atoms. The van der Waals surface area contributed by atoms with Crippen LogP contribution < -0.4 is 10.6 Å². The van der Waals surface area contributed by atoms with Crippen molar-refractivity contribution in [2.24, 2.45) is 11.7 Å². The average molecular weight is 301 g/mol. The molecule has 122 valence electrons. The normalized spacial score (nSPS) is 26.0. The van der Waals surface area contributed by atoms with E-state index in [-0.39, 0.29) is 0 Å². The van der Waals surface area contributed by atoms with E-state index in [1.165, 1.54) is 68.8 Å². The summed E-state index contributed by atoms with van der Waals surface area (Å²) in [5.74, 6) is 0.900. The summed E-state index contributed by atoms with van der Waals surface area (Å²) in [5.41, 5.74) is 10.3. The van der Waals surface area contributed by atoms with Gasteiger partial charge in [0.2, 0.25) is 0 Å². The van der Waals surface area contributed by atoms with Crippen LogP contribution in [-0.4, -0.2) is 43.7 Å². The van der Waals surface area contributed by atoms with Gasteiger partial charge in [0, 0.05) is 37.9 Å². The Balaban J connectivity index is 1.50. The lowest BCUT2D eigenvalue weighted by Gasteiger charge is -2.39. The molecule has 0 aromatic heterocycles. The zero-order chi connectivity index (χ0) is 15.5. The first-order valence-corrected chi connectivity index (χ1v) is 8.98. The second kappa shape index (κ2) is 7.01. The Morgan fingerprint density at radius 2 is 1.86 bits per heavy atom. The van der Waals surface area contributed by atoms with Crippen LogP contribution in [0.15, 0.2) is 18.2 Å². The lowest BCUT2D eigenvalue weighted by Crippen LogP contribution is -2.47. The van der Waals surface area contributed by atoms with Crippen LogP contribution in [0, 0.1) is 12.8 Å². The fraction of sp³-hybridized carbons (Fsp3) is 0.684. The van der Waals surface area contributed by atoms with E-state index in [0.717, 1.165) is 12.3 Å². The molecule has 1 saturated carbocycles. The highest BCUT2D eigenvalue weighted by Crippen LogP contribution is 2.29. The topological polar surface area (TPSA) is 32.5 Å². The van der Waals surface area contributed by atoms with Gasteiger partial charge in [0.25, 0.3) is 0 Å². The van der Waals surface area contributed by atoms with Crippen molar-refractivity contribution in [2.45, 2.75) is 45.6 Å². The van der Waals surface area contributed by atoms with Gasteiger partial charge in [-0.3, -0.25) is 4.90 Å². The van der Waals surface area contributed by atoms with Gasteiger partial charge in [-0.05, 0) is 62.3 Å². The SMILES string of the molecule is CCc1c(C)cccc1N1CCN(CCC2CC(N)C2)CC1. The molecule has 2 N–H and O–H groups in total. The fourth-order valence-corrected chi connectivity index (χ4v) is 4.04. The summed E-state index contributed by atoms with van der Waals surface area (Å²) in [6, 6.07) is 7.24. The zero-order valence-corrected chi connectivity index (χ0v) is 14.2. The molecule has 3 nitrogen and oxygen atoms in total. The van der Waals surface area contributed by atoms with Gasteiger partial charge >= 0.3 is 0 Å². The molecule has 1 saturated heterocycles. The zero-order valence-electron chi connectivity index (χ0n) is 14.2. The highest BCUT2D eigenvalue weighted by Gasteiger charge is 2.26. The van der Waals surface area contributed by atoms with Crippen LogP contribution >= 0.6 is 0 Å². The second-order valence-electron chi connectivity index (χ2n) is 7.14. The van der Waals surface area contributed by atoms with Crippen molar-refractivity contribution >= 4 is 5.69 Å². The van der Waals surface area contributed by atoms with Crippen molar-refractivity contribution in [1.29, 1.82) is 0 Å². The van der Waals surface area contributed by atoms with Crippen LogP contribution in [0.3, 0.4) is 0 Å². The number of anilines is 1. The van der Waals surface area contributed by atoms with Crippen LogP contribution in [-0.2, 0) is 6.42 Å². The molecule has 1 heterocycles. The van der Waals surface area contributed by atoms with Crippen molar-refractivity contribution in [1.82, 2.24) is 4.90 Å². The largest absolute Gasteiger partial charge is 0.369 e. The van der Waals surface area contributed by atoms with E-state index in [1.807, 2.05) is 0 Å². The number of aryl methyl sites for hydroxylation is 1. The minimum Gasteiger partial charge on any atom is -0.369 e. The van der Waals surface area contributed by atoms with E-state index >= 15 is 0 Å². The fourth-order valence-electron chi connectivity index (χ4n) is 4.04. The van der Waals surface area contributed by atoms with E-state index in [0.29, 0.717) is 6.04 Å². The van der Waals surface area contributed by atoms with E-state index in [2.05, 4.69) is 41.8 Å². The van der Waals surface area contributed by atoms with Crippen LogP contribution in [0.4, 0.5) is 5.69 Å². The Morgan fingerprint density at radius 3 is 2.50 bits per heavy atom. The summed E-state index contributed by atoms with van der Waals surface area (Å²) in [7, 11) is 0. The molecule has 0 unspecified atom stereocenters. The number of nitrogens with two attached hydrogens (primary N) is 1. The summed E-state index contributed by atoms with van der Waals surface area (Å²) in [5, 5.41) is 0. The van der Waals surface area contributed by atoms with Gasteiger partial charge in [-0.2, -0.15) is 0 Å². The Bertz CT molecular complexity index is 485. The lowest BCUT2D eigenvalue weighted by molar-refractivity contribution is 0.189. The molecule has 1 aliphatic carbocycles. The van der Waals surface area contributed by atoms with Crippen molar-refractivity contribution in [3.63, 3.8) is 0 Å². The molecule has 3 rings (SSSR count). The van der Waals surface area contributed by atoms with Crippen LogP contribution in [0.2, 0.25) is 0 Å². The number of hydrogen-bond donors (Lipinski definition) is 1. The highest BCUT2D eigenvalue weighted by molar-refractivity contribution is 5.57. The van der Waals surface area contributed by atoms with Gasteiger partial charge in [-0.25, -0.2) is 0 Å². The maximum atomic E-state index is 5.88. The molecular formula is C19H31N3. The third-order valence-electron chi connectivity index (χ3n) is 5.58. The van der Waals surface area contributed by atoms with Gasteiger partial charge in [0.1, 0.15) is 0 Å². The van der Waals surface area contributed by atoms with E-state index in [4.69, 9.17) is 5.73 Å². The molecule has 0 amide bonds. The molecule has 2 aliphatic rings.